The van der Waals surface area contributed by atoms with Crippen LogP contribution in [-0.4, -0.2) is 37.4 Å². The van der Waals surface area contributed by atoms with Crippen molar-refractivity contribution in [1.82, 2.24) is 25.6 Å². The topological polar surface area (TPSA) is 131 Å². The summed E-state index contributed by atoms with van der Waals surface area (Å²) in [5.74, 6) is -0.251. The maximum atomic E-state index is 11.5. The molecule has 4 N–H and O–H groups in total. The molecule has 0 unspecified atom stereocenters. The zero-order valence-electron chi connectivity index (χ0n) is 9.76. The third kappa shape index (κ3) is 3.49. The highest BCUT2D eigenvalue weighted by Gasteiger charge is 2.06. The molecule has 0 saturated carbocycles. The Hall–Kier alpha value is -2.97. The second-order valence-corrected chi connectivity index (χ2v) is 3.58. The van der Waals surface area contributed by atoms with E-state index in [4.69, 9.17) is 5.73 Å². The number of tetrazole rings is 1. The molecule has 0 aliphatic heterocycles. The van der Waals surface area contributed by atoms with E-state index in [9.17, 15) is 9.90 Å². The lowest BCUT2D eigenvalue weighted by molar-refractivity contribution is -0.121. The van der Waals surface area contributed by atoms with E-state index in [2.05, 4.69) is 26.1 Å². The fraction of sp³-hybridized carbons (Fsp3) is 0.100. The van der Waals surface area contributed by atoms with Gasteiger partial charge in [0.25, 0.3) is 5.91 Å². The van der Waals surface area contributed by atoms with Crippen LogP contribution in [0.15, 0.2) is 29.4 Å². The molecular formula is C10H11N7O2. The predicted octanol–water partition coefficient (Wildman–Crippen LogP) is -0.889. The molecule has 0 bridgehead atoms. The van der Waals surface area contributed by atoms with Gasteiger partial charge in [-0.1, -0.05) is 17.2 Å². The molecule has 2 rings (SSSR count). The van der Waals surface area contributed by atoms with Gasteiger partial charge in [-0.3, -0.25) is 4.79 Å². The number of nitrogen functional groups attached to an aromatic ring is 1. The zero-order chi connectivity index (χ0) is 13.7. The molecule has 0 spiro atoms. The summed E-state index contributed by atoms with van der Waals surface area (Å²) in [6.45, 7) is -0.129. The first-order valence-electron chi connectivity index (χ1n) is 5.28. The van der Waals surface area contributed by atoms with Crippen molar-refractivity contribution >= 4 is 18.1 Å². The van der Waals surface area contributed by atoms with Gasteiger partial charge in [0.1, 0.15) is 12.3 Å². The van der Waals surface area contributed by atoms with Crippen LogP contribution in [0, 0.1) is 0 Å². The number of aromatic nitrogens is 4. The minimum atomic E-state index is -0.421. The first-order valence-corrected chi connectivity index (χ1v) is 5.28. The molecule has 0 radical (unpaired) electrons. The van der Waals surface area contributed by atoms with E-state index >= 15 is 0 Å². The van der Waals surface area contributed by atoms with Crippen molar-refractivity contribution in [3.63, 3.8) is 0 Å². The van der Waals surface area contributed by atoms with Gasteiger partial charge < -0.3 is 10.8 Å². The molecule has 9 heteroatoms. The largest absolute Gasteiger partial charge is 0.508 e. The van der Waals surface area contributed by atoms with Crippen molar-refractivity contribution < 1.29 is 9.90 Å². The van der Waals surface area contributed by atoms with Gasteiger partial charge in [0, 0.05) is 0 Å². The van der Waals surface area contributed by atoms with Crippen molar-refractivity contribution in [1.29, 1.82) is 0 Å². The summed E-state index contributed by atoms with van der Waals surface area (Å²) in [5, 5.41) is 23.2. The number of benzene rings is 1. The van der Waals surface area contributed by atoms with Crippen LogP contribution in [-0.2, 0) is 11.3 Å². The Morgan fingerprint density at radius 1 is 1.58 bits per heavy atom. The molecule has 2 aromatic rings. The number of nitrogens with two attached hydrogens (primary N) is 1. The average molecular weight is 261 g/mol. The highest BCUT2D eigenvalue weighted by Crippen LogP contribution is 2.08. The number of carbonyl (C=O) groups is 1. The van der Waals surface area contributed by atoms with E-state index in [1.165, 1.54) is 18.3 Å². The van der Waals surface area contributed by atoms with Crippen molar-refractivity contribution in [2.24, 2.45) is 5.10 Å². The molecule has 0 aliphatic rings. The number of hydrogen-bond acceptors (Lipinski definition) is 7. The third-order valence-electron chi connectivity index (χ3n) is 2.13. The molecule has 0 saturated heterocycles. The van der Waals surface area contributed by atoms with Crippen LogP contribution in [0.5, 0.6) is 5.75 Å². The number of nitrogens with zero attached hydrogens (tertiary/aromatic N) is 5. The van der Waals surface area contributed by atoms with Crippen molar-refractivity contribution in [3.8, 4) is 5.75 Å². The Balaban J connectivity index is 1.88. The van der Waals surface area contributed by atoms with Crippen molar-refractivity contribution in [2.75, 3.05) is 5.73 Å². The molecule has 98 valence electrons. The minimum absolute atomic E-state index is 0.0483. The Morgan fingerprint density at radius 2 is 2.42 bits per heavy atom. The molecule has 1 aromatic carbocycles. The highest BCUT2D eigenvalue weighted by molar-refractivity contribution is 5.82. The van der Waals surface area contributed by atoms with Gasteiger partial charge >= 0.3 is 0 Å². The Bertz CT molecular complexity index is 607. The summed E-state index contributed by atoms with van der Waals surface area (Å²) in [6.07, 6.45) is 1.40. The van der Waals surface area contributed by atoms with Crippen LogP contribution in [0.25, 0.3) is 0 Å². The monoisotopic (exact) mass is 261 g/mol. The van der Waals surface area contributed by atoms with Crippen LogP contribution in [0.4, 0.5) is 5.95 Å². The second-order valence-electron chi connectivity index (χ2n) is 3.58. The lowest BCUT2D eigenvalue weighted by Crippen LogP contribution is -2.24. The number of carbonyl (C=O) groups excluding carboxylic acids is 1. The Kier molecular flexibility index (Phi) is 3.67. The van der Waals surface area contributed by atoms with E-state index in [1.54, 1.807) is 12.1 Å². The zero-order valence-corrected chi connectivity index (χ0v) is 9.76. The summed E-state index contributed by atoms with van der Waals surface area (Å²) in [7, 11) is 0. The number of hydrogen-bond donors (Lipinski definition) is 3. The van der Waals surface area contributed by atoms with Gasteiger partial charge in [0.2, 0.25) is 5.95 Å². The van der Waals surface area contributed by atoms with Crippen LogP contribution in [0.3, 0.4) is 0 Å². The first-order chi connectivity index (χ1) is 9.15. The molecule has 19 heavy (non-hydrogen) atoms. The SMILES string of the molecule is Nc1nnnn1CC(=O)N/N=C/c1cccc(O)c1. The number of hydrazone groups is 1. The van der Waals surface area contributed by atoms with Gasteiger partial charge in [-0.2, -0.15) is 5.10 Å². The smallest absolute Gasteiger partial charge is 0.261 e. The highest BCUT2D eigenvalue weighted by atomic mass is 16.3. The summed E-state index contributed by atoms with van der Waals surface area (Å²) < 4.78 is 1.14. The van der Waals surface area contributed by atoms with Gasteiger partial charge in [-0.25, -0.2) is 10.1 Å². The number of phenolic OH excluding ortho intramolecular Hbond substituents is 1. The van der Waals surface area contributed by atoms with Crippen molar-refractivity contribution in [3.05, 3.63) is 29.8 Å². The number of anilines is 1. The first kappa shape index (κ1) is 12.5. The Labute approximate surface area is 107 Å². The molecule has 0 fully saturated rings. The summed E-state index contributed by atoms with van der Waals surface area (Å²) in [5.41, 5.74) is 8.35. The van der Waals surface area contributed by atoms with Crippen molar-refractivity contribution in [2.45, 2.75) is 6.54 Å². The van der Waals surface area contributed by atoms with Gasteiger partial charge in [0.15, 0.2) is 0 Å². The molecule has 1 aromatic heterocycles. The van der Waals surface area contributed by atoms with Gasteiger partial charge in [0.05, 0.1) is 6.21 Å². The quantitative estimate of drug-likeness (QED) is 0.483. The summed E-state index contributed by atoms with van der Waals surface area (Å²) >= 11 is 0. The lowest BCUT2D eigenvalue weighted by atomic mass is 10.2. The maximum Gasteiger partial charge on any atom is 0.261 e. The molecule has 1 amide bonds. The fourth-order valence-electron chi connectivity index (χ4n) is 1.28. The number of amides is 1. The number of rotatable bonds is 4. The van der Waals surface area contributed by atoms with Crippen LogP contribution < -0.4 is 11.2 Å². The fourth-order valence-corrected chi connectivity index (χ4v) is 1.28. The van der Waals surface area contributed by atoms with E-state index in [0.29, 0.717) is 5.56 Å². The van der Waals surface area contributed by atoms with E-state index < -0.39 is 5.91 Å². The second kappa shape index (κ2) is 5.58. The Morgan fingerprint density at radius 3 is 3.11 bits per heavy atom. The number of aromatic hydroxyl groups is 1. The minimum Gasteiger partial charge on any atom is -0.508 e. The van der Waals surface area contributed by atoms with E-state index in [1.807, 2.05) is 0 Å². The number of nitrogens with one attached hydrogen (secondary N) is 1. The molecular weight excluding hydrogens is 250 g/mol. The standard InChI is InChI=1S/C10H11N7O2/c11-10-14-15-16-17(10)6-9(19)13-12-5-7-2-1-3-8(18)4-7/h1-5,18H,6H2,(H,13,19)(H2,11,14,16)/b12-5+. The van der Waals surface area contributed by atoms with Gasteiger partial charge in [-0.05, 0) is 28.1 Å². The van der Waals surface area contributed by atoms with E-state index in [0.717, 1.165) is 4.68 Å². The average Bonchev–Trinajstić information content (AvgIpc) is 2.75. The van der Waals surface area contributed by atoms with E-state index in [-0.39, 0.29) is 18.2 Å². The van der Waals surface area contributed by atoms with Crippen LogP contribution >= 0.6 is 0 Å². The number of phenols is 1. The third-order valence-corrected chi connectivity index (χ3v) is 2.13. The van der Waals surface area contributed by atoms with Gasteiger partial charge in [-0.15, -0.1) is 0 Å². The predicted molar refractivity (Wildman–Crippen MR) is 66.1 cm³/mol. The summed E-state index contributed by atoms with van der Waals surface area (Å²) in [4.78, 5) is 11.5. The maximum absolute atomic E-state index is 11.5. The molecule has 0 atom stereocenters. The molecule has 9 nitrogen and oxygen atoms in total. The lowest BCUT2D eigenvalue weighted by Gasteiger charge is -2.00. The molecule has 0 aliphatic carbocycles. The summed E-state index contributed by atoms with van der Waals surface area (Å²) in [6, 6.07) is 6.44. The van der Waals surface area contributed by atoms with Crippen LogP contribution in [0.1, 0.15) is 5.56 Å². The molecule has 1 heterocycles. The van der Waals surface area contributed by atoms with Crippen LogP contribution in [0.2, 0.25) is 0 Å². The normalized spacial score (nSPS) is 10.7.